The molecule has 0 amide bonds. The van der Waals surface area contributed by atoms with Gasteiger partial charge in [0, 0.05) is 25.6 Å². The maximum Gasteiger partial charge on any atom is 0.186 e. The Bertz CT molecular complexity index is 637. The number of halogens is 1. The Morgan fingerprint density at radius 1 is 1.30 bits per heavy atom. The molecule has 0 bridgehead atoms. The Balaban J connectivity index is 1.80. The largest absolute Gasteiger partial charge is 0.337 e. The van der Waals surface area contributed by atoms with E-state index in [1.165, 1.54) is 18.5 Å². The number of hydrogen-bond acceptors (Lipinski definition) is 5. The number of nitrogens with zero attached hydrogens (tertiary/aromatic N) is 5. The lowest BCUT2D eigenvalue weighted by molar-refractivity contribution is 0.298. The van der Waals surface area contributed by atoms with Crippen LogP contribution in [0.3, 0.4) is 0 Å². The van der Waals surface area contributed by atoms with E-state index in [-0.39, 0.29) is 5.50 Å². The molecule has 1 aliphatic carbocycles. The number of nitrogens with one attached hydrogen (secondary N) is 1. The molecule has 0 spiro atoms. The zero-order valence-electron chi connectivity index (χ0n) is 11.4. The number of likely N-dealkylation sites (N-methyl/N-ethyl adjacent to an activating group) is 1. The van der Waals surface area contributed by atoms with Gasteiger partial charge in [0.25, 0.3) is 0 Å². The minimum atomic E-state index is -0.0613. The topological polar surface area (TPSA) is 60.9 Å². The van der Waals surface area contributed by atoms with Crippen molar-refractivity contribution in [3.05, 3.63) is 12.0 Å². The molecule has 6 nitrogen and oxygen atoms in total. The molecule has 1 aliphatic heterocycles. The fraction of sp³-hybridized carbons (Fsp3) is 0.615. The summed E-state index contributed by atoms with van der Waals surface area (Å²) in [4.78, 5) is 13.2. The number of aromatic nitrogens is 4. The molecule has 0 radical (unpaired) electrons. The average Bonchev–Trinajstić information content (AvgIpc) is 3.18. The van der Waals surface area contributed by atoms with Crippen molar-refractivity contribution in [2.45, 2.75) is 24.3 Å². The van der Waals surface area contributed by atoms with Gasteiger partial charge in [-0.1, -0.05) is 11.6 Å². The predicted octanol–water partition coefficient (Wildman–Crippen LogP) is 1.55. The van der Waals surface area contributed by atoms with Gasteiger partial charge >= 0.3 is 0 Å². The first-order chi connectivity index (χ1) is 9.74. The van der Waals surface area contributed by atoms with Gasteiger partial charge in [-0.3, -0.25) is 5.10 Å². The van der Waals surface area contributed by atoms with Gasteiger partial charge in [0.15, 0.2) is 5.65 Å². The van der Waals surface area contributed by atoms with Crippen molar-refractivity contribution in [3.63, 3.8) is 0 Å². The minimum absolute atomic E-state index is 0.0613. The highest BCUT2D eigenvalue weighted by molar-refractivity contribution is 6.22. The number of alkyl halides is 1. The summed E-state index contributed by atoms with van der Waals surface area (Å²) in [6, 6.07) is 0. The van der Waals surface area contributed by atoms with Gasteiger partial charge in [-0.2, -0.15) is 5.10 Å². The second-order valence-electron chi connectivity index (χ2n) is 5.70. The van der Waals surface area contributed by atoms with E-state index in [2.05, 4.69) is 37.0 Å². The predicted molar refractivity (Wildman–Crippen MR) is 78.1 cm³/mol. The first kappa shape index (κ1) is 12.3. The summed E-state index contributed by atoms with van der Waals surface area (Å²) >= 11 is 6.52. The normalized spacial score (nSPS) is 24.5. The van der Waals surface area contributed by atoms with E-state index < -0.39 is 0 Å². The summed E-state index contributed by atoms with van der Waals surface area (Å²) in [6.45, 7) is 2.71. The summed E-state index contributed by atoms with van der Waals surface area (Å²) in [5.74, 6) is 1.52. The Hall–Kier alpha value is -1.40. The van der Waals surface area contributed by atoms with Crippen LogP contribution in [0.2, 0.25) is 0 Å². The van der Waals surface area contributed by atoms with Crippen LogP contribution in [-0.4, -0.2) is 57.2 Å². The third-order valence-electron chi connectivity index (χ3n) is 4.14. The quantitative estimate of drug-likeness (QED) is 0.672. The van der Waals surface area contributed by atoms with Crippen LogP contribution in [0.15, 0.2) is 6.33 Å². The van der Waals surface area contributed by atoms with Crippen LogP contribution < -0.4 is 4.90 Å². The third-order valence-corrected chi connectivity index (χ3v) is 4.51. The molecule has 2 aromatic heterocycles. The molecule has 1 saturated heterocycles. The Morgan fingerprint density at radius 3 is 2.90 bits per heavy atom. The van der Waals surface area contributed by atoms with E-state index >= 15 is 0 Å². The first-order valence-corrected chi connectivity index (χ1v) is 7.46. The molecule has 2 aliphatic rings. The number of piperazine rings is 1. The van der Waals surface area contributed by atoms with E-state index in [9.17, 15) is 0 Å². The van der Waals surface area contributed by atoms with Crippen LogP contribution in [0.4, 0.5) is 5.82 Å². The lowest BCUT2D eigenvalue weighted by Crippen LogP contribution is -2.49. The monoisotopic (exact) mass is 292 g/mol. The smallest absolute Gasteiger partial charge is 0.186 e. The molecule has 1 saturated carbocycles. The van der Waals surface area contributed by atoms with Crippen LogP contribution >= 0.6 is 11.6 Å². The number of fused-ring (bicyclic) bond motifs is 1. The zero-order chi connectivity index (χ0) is 13.7. The number of H-pyrrole nitrogens is 1. The maximum atomic E-state index is 6.52. The number of anilines is 1. The lowest BCUT2D eigenvalue weighted by Gasteiger charge is -2.37. The van der Waals surface area contributed by atoms with Gasteiger partial charge in [0.2, 0.25) is 0 Å². The average molecular weight is 293 g/mol. The van der Waals surface area contributed by atoms with Crippen molar-refractivity contribution in [1.82, 2.24) is 25.1 Å². The molecule has 106 valence electrons. The van der Waals surface area contributed by atoms with E-state index in [1.54, 1.807) is 6.33 Å². The molecule has 2 aromatic rings. The van der Waals surface area contributed by atoms with Crippen LogP contribution in [0.5, 0.6) is 0 Å². The van der Waals surface area contributed by atoms with Gasteiger partial charge in [0.1, 0.15) is 17.6 Å². The molecule has 1 atom stereocenters. The minimum Gasteiger partial charge on any atom is -0.337 e. The second-order valence-corrected chi connectivity index (χ2v) is 6.20. The van der Waals surface area contributed by atoms with Gasteiger partial charge in [0.05, 0.1) is 11.1 Å². The first-order valence-electron chi connectivity index (χ1n) is 7.02. The highest BCUT2D eigenvalue weighted by atomic mass is 35.5. The molecule has 1 unspecified atom stereocenters. The van der Waals surface area contributed by atoms with Gasteiger partial charge < -0.3 is 9.80 Å². The van der Waals surface area contributed by atoms with Crippen LogP contribution in [0.25, 0.3) is 11.0 Å². The molecule has 20 heavy (non-hydrogen) atoms. The van der Waals surface area contributed by atoms with E-state index in [4.69, 9.17) is 11.6 Å². The highest BCUT2D eigenvalue weighted by Gasteiger charge is 2.32. The molecule has 0 aromatic carbocycles. The summed E-state index contributed by atoms with van der Waals surface area (Å²) < 4.78 is 0. The van der Waals surface area contributed by atoms with Gasteiger partial charge in [-0.25, -0.2) is 9.97 Å². The van der Waals surface area contributed by atoms with Crippen LogP contribution in [-0.2, 0) is 0 Å². The molecule has 1 N–H and O–H groups in total. The summed E-state index contributed by atoms with van der Waals surface area (Å²) in [6.07, 6.45) is 4.02. The van der Waals surface area contributed by atoms with E-state index in [0.29, 0.717) is 5.92 Å². The van der Waals surface area contributed by atoms with Crippen molar-refractivity contribution in [2.75, 3.05) is 31.6 Å². The molecular weight excluding hydrogens is 276 g/mol. The molecule has 3 heterocycles. The summed E-state index contributed by atoms with van der Waals surface area (Å²) in [5.41, 5.74) is 1.87. The van der Waals surface area contributed by atoms with Crippen LogP contribution in [0, 0.1) is 0 Å². The molecule has 2 fully saturated rings. The zero-order valence-corrected chi connectivity index (χ0v) is 12.1. The highest BCUT2D eigenvalue weighted by Crippen LogP contribution is 2.43. The third kappa shape index (κ3) is 1.94. The molecule has 7 heteroatoms. The van der Waals surface area contributed by atoms with Gasteiger partial charge in [-0.15, -0.1) is 0 Å². The fourth-order valence-electron chi connectivity index (χ4n) is 2.85. The lowest BCUT2D eigenvalue weighted by atomic mass is 10.2. The molecule has 4 rings (SSSR count). The summed E-state index contributed by atoms with van der Waals surface area (Å²) in [7, 11) is 2.09. The second kappa shape index (κ2) is 4.56. The number of aromatic amines is 1. The number of rotatable bonds is 2. The van der Waals surface area contributed by atoms with Crippen molar-refractivity contribution in [3.8, 4) is 0 Å². The van der Waals surface area contributed by atoms with E-state index in [1.807, 2.05) is 0 Å². The number of hydrogen-bond donors (Lipinski definition) is 1. The van der Waals surface area contributed by atoms with Crippen LogP contribution in [0.1, 0.15) is 24.5 Å². The van der Waals surface area contributed by atoms with Crippen molar-refractivity contribution < 1.29 is 0 Å². The Kier molecular flexibility index (Phi) is 2.82. The van der Waals surface area contributed by atoms with E-state index in [0.717, 1.165) is 36.5 Å². The fourth-order valence-corrected chi connectivity index (χ4v) is 3.28. The Morgan fingerprint density at radius 2 is 2.15 bits per heavy atom. The summed E-state index contributed by atoms with van der Waals surface area (Å²) in [5, 5.41) is 8.53. The SMILES string of the molecule is CN1CCN(c2ncnc3n[nH]c(C4CC4)c23)C(Cl)C1. The standard InChI is InChI=1S/C13H17ClN6/c1-19-4-5-20(9(14)6-19)13-10-11(8-2-3-8)17-18-12(10)15-7-16-13/h7-9H,2-6H2,1H3,(H,15,16,17,18). The molecular formula is C13H17ClN6. The van der Waals surface area contributed by atoms with Crippen molar-refractivity contribution >= 4 is 28.5 Å². The van der Waals surface area contributed by atoms with Crippen molar-refractivity contribution in [1.29, 1.82) is 0 Å². The van der Waals surface area contributed by atoms with Gasteiger partial charge in [-0.05, 0) is 19.9 Å². The maximum absolute atomic E-state index is 6.52. The van der Waals surface area contributed by atoms with Crippen molar-refractivity contribution in [2.24, 2.45) is 0 Å². The Labute approximate surface area is 122 Å².